The molecule has 4 nitrogen and oxygen atoms in total. The van der Waals surface area contributed by atoms with Crippen molar-refractivity contribution < 1.29 is 26.8 Å². The van der Waals surface area contributed by atoms with Crippen molar-refractivity contribution in [3.05, 3.63) is 101 Å². The maximum Gasteiger partial charge on any atom is 0.291 e. The van der Waals surface area contributed by atoms with Crippen molar-refractivity contribution >= 4 is 23.8 Å². The zero-order valence-corrected chi connectivity index (χ0v) is 14.5. The van der Waals surface area contributed by atoms with Crippen molar-refractivity contribution in [1.29, 1.82) is 0 Å². The van der Waals surface area contributed by atoms with Crippen molar-refractivity contribution in [2.75, 3.05) is 0 Å². The Kier molecular flexibility index (Phi) is 8.71. The average Bonchev–Trinajstić information content (AvgIpc) is 2.58. The van der Waals surface area contributed by atoms with Gasteiger partial charge in [0.15, 0.2) is 0 Å². The van der Waals surface area contributed by atoms with Crippen molar-refractivity contribution in [2.24, 2.45) is 0 Å². The van der Waals surface area contributed by atoms with Crippen molar-refractivity contribution in [1.82, 2.24) is 0 Å². The van der Waals surface area contributed by atoms with E-state index in [1.54, 1.807) is 0 Å². The molecule has 0 fully saturated rings. The molecule has 0 heterocycles. The van der Waals surface area contributed by atoms with Crippen LogP contribution in [0.1, 0.15) is 0 Å². The third-order valence-electron chi connectivity index (χ3n) is 3.04. The fourth-order valence-electron chi connectivity index (χ4n) is 2.18. The van der Waals surface area contributed by atoms with Gasteiger partial charge in [0.1, 0.15) is 0 Å². The number of hydrogen-bond acceptors (Lipinski definition) is 2. The predicted octanol–water partition coefficient (Wildman–Crippen LogP) is 3.09. The van der Waals surface area contributed by atoms with Crippen LogP contribution in [0.3, 0.4) is 0 Å². The Labute approximate surface area is 151 Å². The Morgan fingerprint density at radius 2 is 0.875 bits per heavy atom. The molecule has 3 aromatic carbocycles. The van der Waals surface area contributed by atoms with Crippen molar-refractivity contribution in [3.63, 3.8) is 0 Å². The van der Waals surface area contributed by atoms with Crippen LogP contribution in [0.15, 0.2) is 91.0 Å². The van der Waals surface area contributed by atoms with E-state index in [9.17, 15) is 0 Å². The van der Waals surface area contributed by atoms with Gasteiger partial charge >= 0.3 is 0 Å². The summed E-state index contributed by atoms with van der Waals surface area (Å²) >= 11 is 0. The van der Waals surface area contributed by atoms with Crippen LogP contribution in [0.2, 0.25) is 0 Å². The van der Waals surface area contributed by atoms with Gasteiger partial charge in [-0.3, -0.25) is 0 Å². The minimum absolute atomic E-state index is 0. The first kappa shape index (κ1) is 19.8. The summed E-state index contributed by atoms with van der Waals surface area (Å²) in [6.07, 6.45) is 0. The van der Waals surface area contributed by atoms with Gasteiger partial charge in [0.2, 0.25) is 0 Å². The Morgan fingerprint density at radius 1 is 0.667 bits per heavy atom. The Hall–Kier alpha value is -2.22. The van der Waals surface area contributed by atoms with Gasteiger partial charge in [-0.25, -0.2) is 0 Å². The smallest absolute Gasteiger partial charge is 0.291 e. The molecule has 0 aliphatic carbocycles. The first-order valence-corrected chi connectivity index (χ1v) is 8.31. The summed E-state index contributed by atoms with van der Waals surface area (Å²) in [4.78, 5) is 8.36. The van der Waals surface area contributed by atoms with Crippen LogP contribution in [-0.4, -0.2) is 10.3 Å². The molecule has 0 saturated carbocycles. The van der Waals surface area contributed by atoms with E-state index < -0.39 is 13.0 Å². The van der Waals surface area contributed by atoms with Gasteiger partial charge < -0.3 is 5.21 Å². The molecular weight excluding hydrogens is 368 g/mol. The third kappa shape index (κ3) is 6.12. The largest absolute Gasteiger partial charge is 0.328 e. The molecule has 0 bridgehead atoms. The number of benzene rings is 3. The van der Waals surface area contributed by atoms with Crippen molar-refractivity contribution in [2.45, 2.75) is 0 Å². The van der Waals surface area contributed by atoms with Crippen LogP contribution in [0.5, 0.6) is 0 Å². The van der Waals surface area contributed by atoms with Crippen LogP contribution in [0.25, 0.3) is 0 Å². The van der Waals surface area contributed by atoms with E-state index in [-0.39, 0.29) is 16.5 Å². The van der Waals surface area contributed by atoms with Gasteiger partial charge in [-0.2, -0.15) is 0 Å². The molecule has 24 heavy (non-hydrogen) atoms. The summed E-state index contributed by atoms with van der Waals surface area (Å²) in [5, 5.41) is 17.8. The van der Waals surface area contributed by atoms with Gasteiger partial charge in [-0.05, 0) is 23.8 Å². The molecule has 0 unspecified atom stereocenters. The molecule has 126 valence electrons. The van der Waals surface area contributed by atoms with E-state index in [1.807, 2.05) is 0 Å². The van der Waals surface area contributed by atoms with Crippen molar-refractivity contribution in [3.8, 4) is 0 Å². The van der Waals surface area contributed by atoms with Gasteiger partial charge in [-0.15, -0.1) is 10.1 Å². The van der Waals surface area contributed by atoms with Crippen LogP contribution in [-0.2, 0) is 16.5 Å². The first-order chi connectivity index (χ1) is 11.2. The average molecular weight is 384 g/mol. The molecule has 0 radical (unpaired) electrons. The fraction of sp³-hybridized carbons (Fsp3) is 0. The molecule has 3 rings (SSSR count). The third-order valence-corrected chi connectivity index (χ3v) is 5.49. The van der Waals surface area contributed by atoms with Crippen LogP contribution in [0, 0.1) is 10.1 Å². The van der Waals surface area contributed by atoms with Crippen LogP contribution in [0.4, 0.5) is 0 Å². The maximum absolute atomic E-state index is 8.36. The normalized spacial score (nSPS) is 9.38. The molecular formula is C18H16NNiO3P. The van der Waals surface area contributed by atoms with E-state index >= 15 is 0 Å². The summed E-state index contributed by atoms with van der Waals surface area (Å²) in [6, 6.07) is 32.3. The Balaban J connectivity index is 0.000000522. The monoisotopic (exact) mass is 383 g/mol. The first-order valence-electron chi connectivity index (χ1n) is 6.97. The number of nitrogens with zero attached hydrogens (tertiary/aromatic N) is 1. The molecule has 0 aromatic heterocycles. The standard InChI is InChI=1S/C18H15P.HNO3.Ni/c1-4-10-16(11-5-1)19(17-12-6-2-7-13-17)18-14-8-3-9-15-18;2-1(3)4;/h1-15H;(H,2,3,4);. The summed E-state index contributed by atoms with van der Waals surface area (Å²) in [7, 11) is -0.446. The molecule has 1 N–H and O–H groups in total. The van der Waals surface area contributed by atoms with E-state index in [2.05, 4.69) is 91.0 Å². The fourth-order valence-corrected chi connectivity index (χ4v) is 4.48. The summed E-state index contributed by atoms with van der Waals surface area (Å²) < 4.78 is 0. The van der Waals surface area contributed by atoms with Gasteiger partial charge in [-0.1, -0.05) is 91.0 Å². The quantitative estimate of drug-likeness (QED) is 0.327. The molecule has 0 saturated heterocycles. The summed E-state index contributed by atoms with van der Waals surface area (Å²) in [5.41, 5.74) is 0. The van der Waals surface area contributed by atoms with Gasteiger partial charge in [0.05, 0.1) is 0 Å². The zero-order chi connectivity index (χ0) is 16.5. The minimum Gasteiger partial charge on any atom is -0.328 e. The van der Waals surface area contributed by atoms with Crippen LogP contribution < -0.4 is 15.9 Å². The molecule has 0 aliphatic rings. The molecule has 0 aliphatic heterocycles. The second-order valence-electron chi connectivity index (χ2n) is 4.58. The maximum atomic E-state index is 8.36. The van der Waals surface area contributed by atoms with E-state index in [4.69, 9.17) is 15.3 Å². The second-order valence-corrected chi connectivity index (χ2v) is 6.80. The topological polar surface area (TPSA) is 63.4 Å². The SMILES string of the molecule is O=[N+]([O-])O.[Ni].c1ccc(P(c2ccccc2)c2ccccc2)cc1. The summed E-state index contributed by atoms with van der Waals surface area (Å²) in [6.45, 7) is 0. The molecule has 0 spiro atoms. The van der Waals surface area contributed by atoms with Crippen LogP contribution >= 0.6 is 7.92 Å². The van der Waals surface area contributed by atoms with E-state index in [1.165, 1.54) is 15.9 Å². The molecule has 0 amide bonds. The molecule has 3 aromatic rings. The second kappa shape index (κ2) is 10.5. The van der Waals surface area contributed by atoms with Gasteiger partial charge in [0.25, 0.3) is 5.09 Å². The number of rotatable bonds is 3. The van der Waals surface area contributed by atoms with E-state index in [0.717, 1.165) is 0 Å². The predicted molar refractivity (Wildman–Crippen MR) is 93.9 cm³/mol. The molecule has 6 heteroatoms. The minimum atomic E-state index is -1.50. The Morgan fingerprint density at radius 3 is 1.08 bits per heavy atom. The number of hydrogen-bond donors (Lipinski definition) is 1. The van der Waals surface area contributed by atoms with E-state index in [0.29, 0.717) is 0 Å². The zero-order valence-electron chi connectivity index (χ0n) is 12.6. The Bertz CT molecular complexity index is 629. The van der Waals surface area contributed by atoms with Gasteiger partial charge in [0, 0.05) is 16.5 Å². The molecule has 0 atom stereocenters. The summed E-state index contributed by atoms with van der Waals surface area (Å²) in [5.74, 6) is 0.